The van der Waals surface area contributed by atoms with Gasteiger partial charge in [0.05, 0.1) is 24.1 Å². The van der Waals surface area contributed by atoms with Crippen LogP contribution >= 0.6 is 0 Å². The van der Waals surface area contributed by atoms with E-state index in [1.807, 2.05) is 65.4 Å². The van der Waals surface area contributed by atoms with E-state index in [1.165, 1.54) is 6.34 Å². The van der Waals surface area contributed by atoms with E-state index in [1.54, 1.807) is 13.8 Å². The van der Waals surface area contributed by atoms with Gasteiger partial charge in [-0.25, -0.2) is 4.99 Å². The summed E-state index contributed by atoms with van der Waals surface area (Å²) in [5.41, 5.74) is 2.86. The Labute approximate surface area is 170 Å². The molecular weight excluding hydrogens is 366 g/mol. The Balaban J connectivity index is 1.64. The summed E-state index contributed by atoms with van der Waals surface area (Å²) in [6.45, 7) is 3.98. The molecule has 0 amide bonds. The molecule has 1 aromatic heterocycles. The van der Waals surface area contributed by atoms with Crippen LogP contribution in [0, 0.1) is 0 Å². The van der Waals surface area contributed by atoms with Crippen LogP contribution in [0.4, 0.5) is 5.82 Å². The molecule has 0 saturated heterocycles. The quantitative estimate of drug-likeness (QED) is 0.590. The molecule has 0 fully saturated rings. The minimum atomic E-state index is -0.922. The van der Waals surface area contributed by atoms with Crippen molar-refractivity contribution in [3.8, 4) is 22.6 Å². The number of nitrogens with one attached hydrogen (secondary N) is 1. The van der Waals surface area contributed by atoms with Crippen LogP contribution in [0.3, 0.4) is 0 Å². The summed E-state index contributed by atoms with van der Waals surface area (Å²) in [5.74, 6) is 1.55. The van der Waals surface area contributed by atoms with E-state index >= 15 is 0 Å². The van der Waals surface area contributed by atoms with Gasteiger partial charge in [0.25, 0.3) is 0 Å². The van der Waals surface area contributed by atoms with E-state index in [4.69, 9.17) is 4.74 Å². The number of para-hydroxylation sites is 1. The van der Waals surface area contributed by atoms with E-state index < -0.39 is 11.8 Å². The van der Waals surface area contributed by atoms with Gasteiger partial charge in [-0.2, -0.15) is 0 Å². The predicted molar refractivity (Wildman–Crippen MR) is 115 cm³/mol. The first-order valence-corrected chi connectivity index (χ1v) is 9.65. The Morgan fingerprint density at radius 3 is 2.52 bits per heavy atom. The standard InChI is InChI=1S/C23H25N3O3/c1-23(2,28)12-13-29-18-10-8-16(9-11-18)19-14-26(17-6-4-3-5-7-17)21-20(19)22(27)25-15-24-21/h3-11,14-15,22,27-28H,12-13H2,1-2H3,(H,24,25). The van der Waals surface area contributed by atoms with Gasteiger partial charge in [0, 0.05) is 23.9 Å². The molecule has 3 aromatic rings. The van der Waals surface area contributed by atoms with E-state index in [0.717, 1.165) is 33.9 Å². The Hall–Kier alpha value is -3.09. The third-order valence-electron chi connectivity index (χ3n) is 4.90. The zero-order valence-electron chi connectivity index (χ0n) is 16.5. The number of rotatable bonds is 6. The Kier molecular flexibility index (Phi) is 5.13. The van der Waals surface area contributed by atoms with Gasteiger partial charge < -0.3 is 24.8 Å². The summed E-state index contributed by atoms with van der Waals surface area (Å²) in [4.78, 5) is 4.10. The van der Waals surface area contributed by atoms with Crippen molar-refractivity contribution < 1.29 is 14.9 Å². The molecule has 6 heteroatoms. The van der Waals surface area contributed by atoms with Gasteiger partial charge in [-0.3, -0.25) is 0 Å². The first kappa shape index (κ1) is 19.2. The zero-order chi connectivity index (χ0) is 20.4. The third-order valence-corrected chi connectivity index (χ3v) is 4.90. The van der Waals surface area contributed by atoms with Crippen molar-refractivity contribution in [2.24, 2.45) is 4.99 Å². The molecule has 1 atom stereocenters. The molecule has 0 aliphatic carbocycles. The highest BCUT2D eigenvalue weighted by molar-refractivity contribution is 5.86. The van der Waals surface area contributed by atoms with Crippen LogP contribution in [-0.2, 0) is 0 Å². The maximum atomic E-state index is 10.5. The summed E-state index contributed by atoms with van der Waals surface area (Å²) in [5, 5.41) is 23.5. The fourth-order valence-electron chi connectivity index (χ4n) is 3.34. The van der Waals surface area contributed by atoms with Crippen LogP contribution in [0.15, 0.2) is 65.8 Å². The minimum Gasteiger partial charge on any atom is -0.493 e. The summed E-state index contributed by atoms with van der Waals surface area (Å²) in [7, 11) is 0. The van der Waals surface area contributed by atoms with Crippen molar-refractivity contribution in [1.82, 2.24) is 4.57 Å². The van der Waals surface area contributed by atoms with Gasteiger partial charge in [0.1, 0.15) is 11.6 Å². The van der Waals surface area contributed by atoms with Crippen LogP contribution in [0.5, 0.6) is 5.75 Å². The molecule has 1 unspecified atom stereocenters. The lowest BCUT2D eigenvalue weighted by Crippen LogP contribution is -2.21. The number of hydrogen-bond donors (Lipinski definition) is 3. The summed E-state index contributed by atoms with van der Waals surface area (Å²) in [6.07, 6.45) is 3.16. The molecule has 4 rings (SSSR count). The molecule has 0 saturated carbocycles. The van der Waals surface area contributed by atoms with E-state index in [2.05, 4.69) is 10.3 Å². The molecule has 1 aliphatic rings. The van der Waals surface area contributed by atoms with Gasteiger partial charge in [-0.05, 0) is 43.7 Å². The van der Waals surface area contributed by atoms with Crippen molar-refractivity contribution in [3.05, 3.63) is 66.4 Å². The molecule has 6 nitrogen and oxygen atoms in total. The number of aliphatic hydroxyl groups excluding tert-OH is 1. The van der Waals surface area contributed by atoms with Crippen LogP contribution in [0.1, 0.15) is 32.1 Å². The predicted octanol–water partition coefficient (Wildman–Crippen LogP) is 4.13. The van der Waals surface area contributed by atoms with Gasteiger partial charge in [0.2, 0.25) is 0 Å². The van der Waals surface area contributed by atoms with Gasteiger partial charge in [-0.15, -0.1) is 0 Å². The van der Waals surface area contributed by atoms with Crippen molar-refractivity contribution in [1.29, 1.82) is 0 Å². The SMILES string of the molecule is CC(C)(O)CCOc1ccc(-c2cn(-c3ccccc3)c3c2C(O)N=CN3)cc1. The first-order valence-electron chi connectivity index (χ1n) is 9.65. The number of fused-ring (bicyclic) bond motifs is 1. The second-order valence-corrected chi connectivity index (χ2v) is 7.74. The van der Waals surface area contributed by atoms with Crippen LogP contribution in [-0.4, -0.2) is 33.3 Å². The lowest BCUT2D eigenvalue weighted by atomic mass is 10.0. The lowest BCUT2D eigenvalue weighted by Gasteiger charge is -2.18. The second kappa shape index (κ2) is 7.73. The number of benzene rings is 2. The van der Waals surface area contributed by atoms with Crippen LogP contribution in [0.2, 0.25) is 0 Å². The number of ether oxygens (including phenoxy) is 1. The zero-order valence-corrected chi connectivity index (χ0v) is 16.5. The van der Waals surface area contributed by atoms with E-state index in [-0.39, 0.29) is 0 Å². The minimum absolute atomic E-state index is 0.444. The molecule has 0 spiro atoms. The summed E-state index contributed by atoms with van der Waals surface area (Å²) >= 11 is 0. The normalized spacial score (nSPS) is 15.7. The summed E-state index contributed by atoms with van der Waals surface area (Å²) < 4.78 is 7.75. The van der Waals surface area contributed by atoms with E-state index in [9.17, 15) is 10.2 Å². The van der Waals surface area contributed by atoms with Crippen molar-refractivity contribution in [2.45, 2.75) is 32.1 Å². The van der Waals surface area contributed by atoms with Crippen LogP contribution < -0.4 is 10.1 Å². The second-order valence-electron chi connectivity index (χ2n) is 7.74. The lowest BCUT2D eigenvalue weighted by molar-refractivity contribution is 0.0553. The maximum Gasteiger partial charge on any atom is 0.177 e. The molecule has 150 valence electrons. The van der Waals surface area contributed by atoms with Crippen molar-refractivity contribution in [2.75, 3.05) is 11.9 Å². The average Bonchev–Trinajstić information content (AvgIpc) is 3.09. The number of aromatic nitrogens is 1. The highest BCUT2D eigenvalue weighted by atomic mass is 16.5. The van der Waals surface area contributed by atoms with Gasteiger partial charge in [0.15, 0.2) is 6.23 Å². The van der Waals surface area contributed by atoms with Gasteiger partial charge >= 0.3 is 0 Å². The average molecular weight is 391 g/mol. The molecule has 29 heavy (non-hydrogen) atoms. The van der Waals surface area contributed by atoms with Crippen molar-refractivity contribution >= 4 is 12.2 Å². The molecule has 2 aromatic carbocycles. The third kappa shape index (κ3) is 4.18. The number of nitrogens with zero attached hydrogens (tertiary/aromatic N) is 2. The summed E-state index contributed by atoms with van der Waals surface area (Å²) in [6, 6.07) is 17.7. The van der Waals surface area contributed by atoms with Crippen LogP contribution in [0.25, 0.3) is 16.8 Å². The Morgan fingerprint density at radius 2 is 1.83 bits per heavy atom. The van der Waals surface area contributed by atoms with Gasteiger partial charge in [-0.1, -0.05) is 30.3 Å². The highest BCUT2D eigenvalue weighted by Crippen LogP contribution is 2.40. The fourth-order valence-corrected chi connectivity index (χ4v) is 3.34. The number of aliphatic hydroxyl groups is 2. The largest absolute Gasteiger partial charge is 0.493 e. The molecular formula is C23H25N3O3. The van der Waals surface area contributed by atoms with Crippen molar-refractivity contribution in [3.63, 3.8) is 0 Å². The maximum absolute atomic E-state index is 10.5. The molecule has 0 bridgehead atoms. The molecule has 1 aliphatic heterocycles. The Morgan fingerprint density at radius 1 is 1.10 bits per heavy atom. The molecule has 2 heterocycles. The molecule has 3 N–H and O–H groups in total. The number of anilines is 1. The fraction of sp³-hybridized carbons (Fsp3) is 0.261. The number of aliphatic imine (C=N–C) groups is 1. The smallest absolute Gasteiger partial charge is 0.177 e. The highest BCUT2D eigenvalue weighted by Gasteiger charge is 2.25. The first-order chi connectivity index (χ1) is 13.9. The number of hydrogen-bond acceptors (Lipinski definition) is 5. The monoisotopic (exact) mass is 391 g/mol. The molecule has 0 radical (unpaired) electrons. The Bertz CT molecular complexity index is 1000. The van der Waals surface area contributed by atoms with E-state index in [0.29, 0.717) is 13.0 Å². The topological polar surface area (TPSA) is 79.0 Å².